The number of phenols is 2. The molecule has 5 N–H and O–H groups in total. The van der Waals surface area contributed by atoms with Crippen molar-refractivity contribution >= 4 is 17.4 Å². The van der Waals surface area contributed by atoms with Gasteiger partial charge in [0.1, 0.15) is 0 Å². The fourth-order valence-corrected chi connectivity index (χ4v) is 5.20. The monoisotopic (exact) mass is 523 g/mol. The van der Waals surface area contributed by atoms with Crippen LogP contribution in [0.1, 0.15) is 50.7 Å². The first-order valence-electron chi connectivity index (χ1n) is 13.1. The van der Waals surface area contributed by atoms with Gasteiger partial charge in [-0.15, -0.1) is 0 Å². The normalized spacial score (nSPS) is 16.1. The molecule has 1 aliphatic rings. The molecule has 1 aliphatic carbocycles. The van der Waals surface area contributed by atoms with Crippen LogP contribution in [0.2, 0.25) is 0 Å². The molecular formula is C30H41N3O5. The summed E-state index contributed by atoms with van der Waals surface area (Å²) in [7, 11) is 4.59. The first kappa shape index (κ1) is 28.9. The summed E-state index contributed by atoms with van der Waals surface area (Å²) in [6.45, 7) is 4.26. The first-order valence-corrected chi connectivity index (χ1v) is 13.1. The van der Waals surface area contributed by atoms with Gasteiger partial charge in [0.25, 0.3) is 0 Å². The zero-order valence-electron chi connectivity index (χ0n) is 23.1. The third-order valence-electron chi connectivity index (χ3n) is 7.55. The highest BCUT2D eigenvalue weighted by Gasteiger charge is 2.39. The van der Waals surface area contributed by atoms with Crippen molar-refractivity contribution in [3.8, 4) is 23.0 Å². The Labute approximate surface area is 225 Å². The number of nitrogens with two attached hydrogens (primary N) is 1. The summed E-state index contributed by atoms with van der Waals surface area (Å²) in [6, 6.07) is 8.95. The summed E-state index contributed by atoms with van der Waals surface area (Å²) in [5, 5.41) is 23.4. The van der Waals surface area contributed by atoms with Gasteiger partial charge in [0.05, 0.1) is 19.9 Å². The molecule has 0 saturated heterocycles. The molecule has 0 spiro atoms. The number of allylic oxidation sites excluding steroid dienone is 2. The lowest BCUT2D eigenvalue weighted by molar-refractivity contribution is -0.123. The van der Waals surface area contributed by atoms with E-state index in [1.165, 1.54) is 14.2 Å². The molecule has 8 heteroatoms. The van der Waals surface area contributed by atoms with Crippen molar-refractivity contribution in [3.05, 3.63) is 53.6 Å². The fourth-order valence-electron chi connectivity index (χ4n) is 5.20. The van der Waals surface area contributed by atoms with Crippen LogP contribution < -0.4 is 20.5 Å². The molecule has 3 rings (SSSR count). The molecule has 2 aromatic rings. The highest BCUT2D eigenvalue weighted by atomic mass is 16.5. The smallest absolute Gasteiger partial charge is 0.192 e. The van der Waals surface area contributed by atoms with Crippen LogP contribution in [0.15, 0.2) is 47.5 Å². The number of carbonyl (C=O) groups is 1. The van der Waals surface area contributed by atoms with Crippen LogP contribution >= 0.6 is 0 Å². The summed E-state index contributed by atoms with van der Waals surface area (Å²) in [5.41, 5.74) is 7.70. The Balaban J connectivity index is 1.83. The molecular weight excluding hydrogens is 482 g/mol. The molecule has 38 heavy (non-hydrogen) atoms. The van der Waals surface area contributed by atoms with Gasteiger partial charge in [0.15, 0.2) is 34.7 Å². The summed E-state index contributed by atoms with van der Waals surface area (Å²) < 4.78 is 10.6. The molecule has 0 aromatic heterocycles. The number of guanidine groups is 1. The number of hydrogen-bond donors (Lipinski definition) is 4. The molecule has 0 heterocycles. The fraction of sp³-hybridized carbons (Fsp3) is 0.467. The Kier molecular flexibility index (Phi) is 9.66. The zero-order chi connectivity index (χ0) is 27.9. The zero-order valence-corrected chi connectivity index (χ0v) is 23.1. The predicted octanol–water partition coefficient (Wildman–Crippen LogP) is 5.21. The van der Waals surface area contributed by atoms with Gasteiger partial charge in [-0.2, -0.15) is 0 Å². The van der Waals surface area contributed by atoms with E-state index >= 15 is 0 Å². The molecule has 1 atom stereocenters. The number of rotatable bonds is 11. The molecule has 0 bridgehead atoms. The maximum absolute atomic E-state index is 13.7. The molecule has 1 fully saturated rings. The van der Waals surface area contributed by atoms with Crippen LogP contribution in [0.3, 0.4) is 0 Å². The SMILES string of the molecule is CN=C(N)Nc1cc(C[C@H](C=CC(=O)C2(Cc3ccc(O)c(OC)c3)CCCC2)C(C)C)cc(OC)c1O. The van der Waals surface area contributed by atoms with Gasteiger partial charge in [-0.05, 0) is 79.0 Å². The van der Waals surface area contributed by atoms with Gasteiger partial charge in [-0.1, -0.05) is 38.8 Å². The Hall–Kier alpha value is -3.68. The molecule has 8 nitrogen and oxygen atoms in total. The van der Waals surface area contributed by atoms with Gasteiger partial charge >= 0.3 is 0 Å². The van der Waals surface area contributed by atoms with E-state index in [2.05, 4.69) is 24.2 Å². The van der Waals surface area contributed by atoms with Crippen LogP contribution in [0, 0.1) is 17.3 Å². The third-order valence-corrected chi connectivity index (χ3v) is 7.55. The van der Waals surface area contributed by atoms with E-state index in [1.54, 1.807) is 19.2 Å². The Morgan fingerprint density at radius 3 is 2.37 bits per heavy atom. The van der Waals surface area contributed by atoms with E-state index in [1.807, 2.05) is 30.3 Å². The van der Waals surface area contributed by atoms with E-state index in [9.17, 15) is 15.0 Å². The number of ether oxygens (including phenoxy) is 2. The van der Waals surface area contributed by atoms with E-state index in [0.717, 1.165) is 36.8 Å². The number of benzene rings is 2. The topological polar surface area (TPSA) is 126 Å². The largest absolute Gasteiger partial charge is 0.504 e. The van der Waals surface area contributed by atoms with Crippen molar-refractivity contribution < 1.29 is 24.5 Å². The highest BCUT2D eigenvalue weighted by molar-refractivity contribution is 5.95. The lowest BCUT2D eigenvalue weighted by Crippen LogP contribution is -2.29. The van der Waals surface area contributed by atoms with Crippen LogP contribution in [0.4, 0.5) is 5.69 Å². The van der Waals surface area contributed by atoms with Crippen molar-refractivity contribution in [1.29, 1.82) is 0 Å². The number of nitrogens with zero attached hydrogens (tertiary/aromatic N) is 1. The first-order chi connectivity index (χ1) is 18.1. The average Bonchev–Trinajstić information content (AvgIpc) is 3.38. The maximum atomic E-state index is 13.7. The van der Waals surface area contributed by atoms with E-state index in [-0.39, 0.29) is 35.1 Å². The summed E-state index contributed by atoms with van der Waals surface area (Å²) in [5.74, 6) is 1.50. The number of phenolic OH excluding ortho intramolecular Hbond substituents is 2. The van der Waals surface area contributed by atoms with Crippen molar-refractivity contribution in [1.82, 2.24) is 0 Å². The van der Waals surface area contributed by atoms with Gasteiger partial charge in [0, 0.05) is 12.5 Å². The Morgan fingerprint density at radius 1 is 1.11 bits per heavy atom. The predicted molar refractivity (Wildman–Crippen MR) is 151 cm³/mol. The number of aromatic hydroxyl groups is 2. The number of hydrogen-bond acceptors (Lipinski definition) is 6. The molecule has 2 aromatic carbocycles. The highest BCUT2D eigenvalue weighted by Crippen LogP contribution is 2.43. The van der Waals surface area contributed by atoms with Gasteiger partial charge < -0.3 is 30.7 Å². The van der Waals surface area contributed by atoms with E-state index in [4.69, 9.17) is 15.2 Å². The second-order valence-electron chi connectivity index (χ2n) is 10.4. The van der Waals surface area contributed by atoms with E-state index in [0.29, 0.717) is 30.0 Å². The molecule has 0 amide bonds. The van der Waals surface area contributed by atoms with E-state index < -0.39 is 5.41 Å². The van der Waals surface area contributed by atoms with Gasteiger partial charge in [0.2, 0.25) is 0 Å². The summed E-state index contributed by atoms with van der Waals surface area (Å²) in [4.78, 5) is 17.6. The van der Waals surface area contributed by atoms with Gasteiger partial charge in [-0.25, -0.2) is 0 Å². The number of anilines is 1. The summed E-state index contributed by atoms with van der Waals surface area (Å²) in [6.07, 6.45) is 8.80. The van der Waals surface area contributed by atoms with Crippen molar-refractivity contribution in [2.75, 3.05) is 26.6 Å². The van der Waals surface area contributed by atoms with Crippen LogP contribution in [0.25, 0.3) is 0 Å². The van der Waals surface area contributed by atoms with Crippen molar-refractivity contribution in [2.24, 2.45) is 28.0 Å². The lowest BCUT2D eigenvalue weighted by atomic mass is 9.75. The third kappa shape index (κ3) is 6.79. The molecule has 0 radical (unpaired) electrons. The van der Waals surface area contributed by atoms with Crippen molar-refractivity contribution in [3.63, 3.8) is 0 Å². The molecule has 1 saturated carbocycles. The quantitative estimate of drug-likeness (QED) is 0.138. The average molecular weight is 524 g/mol. The second-order valence-corrected chi connectivity index (χ2v) is 10.4. The Bertz CT molecular complexity index is 1180. The molecule has 0 unspecified atom stereocenters. The standard InChI is InChI=1S/C30H41N3O5/c1-19(2)22(14-21-15-23(33-29(31)32-3)28(36)26(17-21)38-5)9-11-27(35)30(12-6-7-13-30)18-20-8-10-24(34)25(16-20)37-4/h8-11,15-17,19,22,34,36H,6-7,12-14,18H2,1-5H3,(H3,31,32,33)/t22-/m0/s1. The second kappa shape index (κ2) is 12.7. The molecule has 0 aliphatic heterocycles. The van der Waals surface area contributed by atoms with Crippen LogP contribution in [0.5, 0.6) is 23.0 Å². The van der Waals surface area contributed by atoms with Gasteiger partial charge in [-0.3, -0.25) is 9.79 Å². The number of methoxy groups -OCH3 is 2. The van der Waals surface area contributed by atoms with Crippen LogP contribution in [-0.2, 0) is 17.6 Å². The summed E-state index contributed by atoms with van der Waals surface area (Å²) >= 11 is 0. The number of nitrogens with one attached hydrogen (secondary N) is 1. The lowest BCUT2D eigenvalue weighted by Gasteiger charge is -2.27. The van der Waals surface area contributed by atoms with Crippen molar-refractivity contribution in [2.45, 2.75) is 52.4 Å². The Morgan fingerprint density at radius 2 is 1.76 bits per heavy atom. The minimum atomic E-state index is -0.449. The molecule has 206 valence electrons. The number of aliphatic imine (C=N–C) groups is 1. The van der Waals surface area contributed by atoms with Crippen LogP contribution in [-0.4, -0.2) is 43.2 Å². The minimum absolute atomic E-state index is 0.0382. The number of ketones is 1. The maximum Gasteiger partial charge on any atom is 0.192 e. The number of carbonyl (C=O) groups excluding carboxylic acids is 1. The minimum Gasteiger partial charge on any atom is -0.504 e.